The quantitative estimate of drug-likeness (QED) is 0.691. The molecule has 0 spiro atoms. The molecule has 3 heteroatoms. The van der Waals surface area contributed by atoms with Crippen molar-refractivity contribution in [3.8, 4) is 0 Å². The molecule has 0 atom stereocenters. The molecule has 0 radical (unpaired) electrons. The topological polar surface area (TPSA) is 38.1 Å². The van der Waals surface area contributed by atoms with Crippen molar-refractivity contribution in [1.82, 2.24) is 10.2 Å². The van der Waals surface area contributed by atoms with Crippen LogP contribution in [0.2, 0.25) is 0 Å². The van der Waals surface area contributed by atoms with Crippen LogP contribution in [0.25, 0.3) is 11.6 Å². The zero-order valence-electron chi connectivity index (χ0n) is 8.51. The number of fused-ring (bicyclic) bond motifs is 1. The molecule has 1 aliphatic rings. The van der Waals surface area contributed by atoms with E-state index >= 15 is 0 Å². The van der Waals surface area contributed by atoms with Crippen molar-refractivity contribution in [1.29, 1.82) is 0 Å². The Kier molecular flexibility index (Phi) is 2.54. The van der Waals surface area contributed by atoms with Gasteiger partial charge in [-0.05, 0) is 12.1 Å². The van der Waals surface area contributed by atoms with Crippen LogP contribution < -0.4 is 0 Å². The van der Waals surface area contributed by atoms with E-state index in [-0.39, 0.29) is 0 Å². The fourth-order valence-electron chi connectivity index (χ4n) is 1.54. The maximum absolute atomic E-state index is 4.19. The summed E-state index contributed by atoms with van der Waals surface area (Å²) in [5.41, 5.74) is 3.80. The minimum atomic E-state index is 0.862. The molecule has 1 aromatic heterocycles. The molecule has 74 valence electrons. The lowest BCUT2D eigenvalue weighted by atomic mass is 9.96. The maximum atomic E-state index is 4.19. The second-order valence-electron chi connectivity index (χ2n) is 3.09. The molecule has 2 rings (SSSR count). The van der Waals surface area contributed by atoms with Crippen molar-refractivity contribution in [2.24, 2.45) is 4.99 Å². The Morgan fingerprint density at radius 3 is 3.00 bits per heavy atom. The monoisotopic (exact) mass is 197 g/mol. The predicted molar refractivity (Wildman–Crippen MR) is 62.6 cm³/mol. The zero-order chi connectivity index (χ0) is 10.7. The normalized spacial score (nSPS) is 19.3. The summed E-state index contributed by atoms with van der Waals surface area (Å²) in [7, 11) is 1.76. The highest BCUT2D eigenvalue weighted by molar-refractivity contribution is 6.32. The molecule has 1 aliphatic carbocycles. The van der Waals surface area contributed by atoms with E-state index in [9.17, 15) is 0 Å². The largest absolute Gasteiger partial charge is 0.288 e. The van der Waals surface area contributed by atoms with Crippen molar-refractivity contribution < 1.29 is 0 Å². The van der Waals surface area contributed by atoms with Gasteiger partial charge in [-0.2, -0.15) is 5.10 Å². The summed E-state index contributed by atoms with van der Waals surface area (Å²) in [5, 5.41) is 8.00. The molecule has 0 fully saturated rings. The highest BCUT2D eigenvalue weighted by atomic mass is 15.1. The summed E-state index contributed by atoms with van der Waals surface area (Å²) in [6, 6.07) is 1.93. The van der Waals surface area contributed by atoms with Crippen molar-refractivity contribution >= 4 is 17.4 Å². The maximum Gasteiger partial charge on any atom is 0.102 e. The third-order valence-electron chi connectivity index (χ3n) is 2.23. The summed E-state index contributed by atoms with van der Waals surface area (Å²) < 4.78 is 0. The summed E-state index contributed by atoms with van der Waals surface area (Å²) in [6.45, 7) is 3.69. The Morgan fingerprint density at radius 1 is 1.40 bits per heavy atom. The van der Waals surface area contributed by atoms with E-state index in [0.29, 0.717) is 0 Å². The number of nitrogens with zero attached hydrogens (tertiary/aromatic N) is 3. The van der Waals surface area contributed by atoms with Crippen molar-refractivity contribution in [3.63, 3.8) is 0 Å². The van der Waals surface area contributed by atoms with Gasteiger partial charge in [0.25, 0.3) is 0 Å². The van der Waals surface area contributed by atoms with Crippen LogP contribution in [-0.2, 0) is 0 Å². The first-order valence-corrected chi connectivity index (χ1v) is 4.67. The Labute approximate surface area is 88.6 Å². The second kappa shape index (κ2) is 4.00. The lowest BCUT2D eigenvalue weighted by molar-refractivity contribution is 1.01. The minimum absolute atomic E-state index is 0.862. The van der Waals surface area contributed by atoms with Crippen LogP contribution in [0.15, 0.2) is 42.1 Å². The Morgan fingerprint density at radius 2 is 2.27 bits per heavy atom. The molecule has 1 aromatic rings. The minimum Gasteiger partial charge on any atom is -0.288 e. The first-order valence-electron chi connectivity index (χ1n) is 4.67. The molecule has 0 aromatic carbocycles. The highest BCUT2D eigenvalue weighted by Gasteiger charge is 2.15. The first kappa shape index (κ1) is 9.52. The van der Waals surface area contributed by atoms with Gasteiger partial charge in [-0.15, -0.1) is 5.10 Å². The van der Waals surface area contributed by atoms with Gasteiger partial charge in [0, 0.05) is 18.2 Å². The standard InChI is InChI=1S/C12H11N3/c1-3-4-10-11(13-2)6-5-9-7-8-14-15-12(9)10/h3-8H,1H2,2H3. The summed E-state index contributed by atoms with van der Waals surface area (Å²) in [5.74, 6) is 0. The lowest BCUT2D eigenvalue weighted by Gasteiger charge is -2.13. The SMILES string of the molecule is C=CC=C1C(=NC)C=Cc2ccnnc21. The molecule has 0 bridgehead atoms. The van der Waals surface area contributed by atoms with E-state index in [2.05, 4.69) is 21.8 Å². The van der Waals surface area contributed by atoms with Gasteiger partial charge in [0.15, 0.2) is 0 Å². The number of hydrogen-bond donors (Lipinski definition) is 0. The molecule has 0 saturated carbocycles. The summed E-state index contributed by atoms with van der Waals surface area (Å²) in [6.07, 6.45) is 9.28. The number of aromatic nitrogens is 2. The molecule has 0 amide bonds. The van der Waals surface area contributed by atoms with Crippen LogP contribution in [0.1, 0.15) is 11.3 Å². The lowest BCUT2D eigenvalue weighted by Crippen LogP contribution is -2.07. The van der Waals surface area contributed by atoms with Crippen LogP contribution in [0.3, 0.4) is 0 Å². The van der Waals surface area contributed by atoms with E-state index in [1.807, 2.05) is 24.3 Å². The van der Waals surface area contributed by atoms with Crippen LogP contribution in [0.5, 0.6) is 0 Å². The molecular formula is C12H11N3. The fraction of sp³-hybridized carbons (Fsp3) is 0.0833. The third-order valence-corrected chi connectivity index (χ3v) is 2.23. The molecule has 3 nitrogen and oxygen atoms in total. The fourth-order valence-corrected chi connectivity index (χ4v) is 1.54. The first-order chi connectivity index (χ1) is 7.36. The van der Waals surface area contributed by atoms with Crippen LogP contribution in [0.4, 0.5) is 0 Å². The van der Waals surface area contributed by atoms with Gasteiger partial charge in [-0.25, -0.2) is 0 Å². The van der Waals surface area contributed by atoms with Crippen molar-refractivity contribution in [3.05, 3.63) is 48.3 Å². The van der Waals surface area contributed by atoms with Gasteiger partial charge in [-0.1, -0.05) is 24.8 Å². The van der Waals surface area contributed by atoms with Crippen LogP contribution >= 0.6 is 0 Å². The van der Waals surface area contributed by atoms with E-state index in [1.54, 1.807) is 19.3 Å². The summed E-state index contributed by atoms with van der Waals surface area (Å²) >= 11 is 0. The smallest absolute Gasteiger partial charge is 0.102 e. The van der Waals surface area contributed by atoms with E-state index < -0.39 is 0 Å². The number of rotatable bonds is 1. The molecule has 0 unspecified atom stereocenters. The average molecular weight is 197 g/mol. The van der Waals surface area contributed by atoms with Gasteiger partial charge in [0.2, 0.25) is 0 Å². The van der Waals surface area contributed by atoms with Crippen molar-refractivity contribution in [2.75, 3.05) is 7.05 Å². The second-order valence-corrected chi connectivity index (χ2v) is 3.09. The molecule has 0 saturated heterocycles. The van der Waals surface area contributed by atoms with Gasteiger partial charge in [0.05, 0.1) is 11.9 Å². The summed E-state index contributed by atoms with van der Waals surface area (Å²) in [4.78, 5) is 4.19. The van der Waals surface area contributed by atoms with Gasteiger partial charge >= 0.3 is 0 Å². The number of aliphatic imine (C=N–C) groups is 1. The molecular weight excluding hydrogens is 186 g/mol. The zero-order valence-corrected chi connectivity index (χ0v) is 8.51. The predicted octanol–water partition coefficient (Wildman–Crippen LogP) is 2.14. The number of allylic oxidation sites excluding steroid dienone is 4. The van der Waals surface area contributed by atoms with Crippen molar-refractivity contribution in [2.45, 2.75) is 0 Å². The molecule has 1 heterocycles. The molecule has 0 aliphatic heterocycles. The Bertz CT molecular complexity index is 481. The van der Waals surface area contributed by atoms with Gasteiger partial charge < -0.3 is 0 Å². The highest BCUT2D eigenvalue weighted by Crippen LogP contribution is 2.24. The van der Waals surface area contributed by atoms with Crippen LogP contribution in [-0.4, -0.2) is 23.0 Å². The third kappa shape index (κ3) is 1.64. The molecule has 15 heavy (non-hydrogen) atoms. The Balaban J connectivity index is 2.65. The van der Waals surface area contributed by atoms with E-state index in [4.69, 9.17) is 0 Å². The van der Waals surface area contributed by atoms with Gasteiger partial charge in [-0.3, -0.25) is 4.99 Å². The van der Waals surface area contributed by atoms with Crippen LogP contribution in [0, 0.1) is 0 Å². The van der Waals surface area contributed by atoms with E-state index in [0.717, 1.165) is 22.5 Å². The average Bonchev–Trinajstić information content (AvgIpc) is 2.30. The number of hydrogen-bond acceptors (Lipinski definition) is 3. The van der Waals surface area contributed by atoms with Gasteiger partial charge in [0.1, 0.15) is 5.69 Å². The van der Waals surface area contributed by atoms with E-state index in [1.165, 1.54) is 0 Å². The Hall–Kier alpha value is -2.03. The molecule has 0 N–H and O–H groups in total.